The maximum Gasteiger partial charge on any atom is 0.242 e. The number of carbonyl (C=O) groups is 1. The minimum Gasteiger partial charge on any atom is -0.348 e. The summed E-state index contributed by atoms with van der Waals surface area (Å²) in [5, 5.41) is 0. The molecule has 1 atom stereocenters. The quantitative estimate of drug-likeness (QED) is 0.814. The summed E-state index contributed by atoms with van der Waals surface area (Å²) >= 11 is 0. The lowest BCUT2D eigenvalue weighted by molar-refractivity contribution is -0.131. The fraction of sp³-hybridized carbons (Fsp3) is 0.600. The number of imidazole rings is 1. The number of piperidine rings is 1. The molecule has 3 rings (SSSR count). The van der Waals surface area contributed by atoms with Crippen molar-refractivity contribution in [2.45, 2.75) is 25.8 Å². The molecule has 3 heterocycles. The van der Waals surface area contributed by atoms with Gasteiger partial charge in [-0.05, 0) is 25.7 Å². The van der Waals surface area contributed by atoms with E-state index in [1.807, 2.05) is 23.8 Å². The maximum atomic E-state index is 12.5. The molecule has 1 unspecified atom stereocenters. The van der Waals surface area contributed by atoms with E-state index in [4.69, 9.17) is 5.73 Å². The number of likely N-dealkylation sites (N-methyl/N-ethyl adjacent to an activating group) is 1. The van der Waals surface area contributed by atoms with Gasteiger partial charge in [0.1, 0.15) is 11.8 Å². The van der Waals surface area contributed by atoms with Gasteiger partial charge < -0.3 is 20.5 Å². The molecule has 140 valence electrons. The van der Waals surface area contributed by atoms with Gasteiger partial charge in [-0.25, -0.2) is 15.0 Å². The number of nitrogens with zero attached hydrogens (tertiary/aromatic N) is 5. The van der Waals surface area contributed by atoms with Crippen molar-refractivity contribution in [3.63, 3.8) is 0 Å². The Kier molecular flexibility index (Phi) is 7.85. The Hall–Kier alpha value is -1.64. The average Bonchev–Trinajstić information content (AvgIpc) is 3.03. The third-order valence-electron chi connectivity index (χ3n) is 4.57. The van der Waals surface area contributed by atoms with E-state index < -0.39 is 0 Å². The molecule has 1 amide bonds. The van der Waals surface area contributed by atoms with Crippen molar-refractivity contribution in [1.29, 1.82) is 0 Å². The van der Waals surface area contributed by atoms with Crippen molar-refractivity contribution in [3.05, 3.63) is 12.7 Å². The SMILES string of the molecule is CC(N)C1CCN(C(=O)CN(C)c2ncnc3nc[nH]c23)CC1.Cl.Cl. The highest BCUT2D eigenvalue weighted by molar-refractivity contribution is 5.87. The van der Waals surface area contributed by atoms with Gasteiger partial charge in [0.15, 0.2) is 11.5 Å². The zero-order valence-corrected chi connectivity index (χ0v) is 16.0. The number of carbonyl (C=O) groups excluding carboxylic acids is 1. The van der Waals surface area contributed by atoms with Gasteiger partial charge in [-0.3, -0.25) is 4.79 Å². The summed E-state index contributed by atoms with van der Waals surface area (Å²) in [5.41, 5.74) is 7.31. The van der Waals surface area contributed by atoms with Crippen LogP contribution in [0.5, 0.6) is 0 Å². The average molecular weight is 390 g/mol. The molecular formula is C15H25Cl2N7O. The predicted octanol–water partition coefficient (Wildman–Crippen LogP) is 1.22. The molecule has 8 nitrogen and oxygen atoms in total. The molecule has 3 N–H and O–H groups in total. The number of anilines is 1. The van der Waals surface area contributed by atoms with Crippen molar-refractivity contribution < 1.29 is 4.79 Å². The first-order valence-electron chi connectivity index (χ1n) is 7.95. The van der Waals surface area contributed by atoms with Crippen LogP contribution in [0.4, 0.5) is 5.82 Å². The second-order valence-electron chi connectivity index (χ2n) is 6.23. The highest BCUT2D eigenvalue weighted by atomic mass is 35.5. The number of rotatable bonds is 4. The van der Waals surface area contributed by atoms with Crippen LogP contribution in [0.2, 0.25) is 0 Å². The fourth-order valence-corrected chi connectivity index (χ4v) is 3.09. The molecule has 0 spiro atoms. The molecule has 0 aliphatic carbocycles. The van der Waals surface area contributed by atoms with Crippen molar-refractivity contribution in [3.8, 4) is 0 Å². The number of aromatic nitrogens is 4. The zero-order valence-electron chi connectivity index (χ0n) is 14.4. The number of nitrogens with one attached hydrogen (secondary N) is 1. The number of halogens is 2. The molecule has 0 aromatic carbocycles. The molecule has 10 heteroatoms. The Bertz CT molecular complexity index is 685. The first-order valence-corrected chi connectivity index (χ1v) is 7.95. The van der Waals surface area contributed by atoms with E-state index in [9.17, 15) is 4.79 Å². The normalized spacial score (nSPS) is 16.0. The Morgan fingerprint density at radius 1 is 1.36 bits per heavy atom. The standard InChI is InChI=1S/C15H23N7O.2ClH/c1-10(16)11-3-5-22(6-4-11)12(23)7-21(2)15-13-14(18-8-17-13)19-9-20-15;;/h8-11H,3-7,16H2,1-2H3,(H,17,18,19,20);2*1H. The summed E-state index contributed by atoms with van der Waals surface area (Å²) in [4.78, 5) is 31.8. The van der Waals surface area contributed by atoms with Crippen LogP contribution in [0.3, 0.4) is 0 Å². The van der Waals surface area contributed by atoms with E-state index in [1.165, 1.54) is 6.33 Å². The Morgan fingerprint density at radius 3 is 2.68 bits per heavy atom. The monoisotopic (exact) mass is 389 g/mol. The third-order valence-corrected chi connectivity index (χ3v) is 4.57. The zero-order chi connectivity index (χ0) is 16.4. The Labute approximate surface area is 159 Å². The molecule has 0 radical (unpaired) electrons. The molecule has 1 fully saturated rings. The van der Waals surface area contributed by atoms with Gasteiger partial charge in [0.2, 0.25) is 5.91 Å². The number of amides is 1. The molecule has 25 heavy (non-hydrogen) atoms. The lowest BCUT2D eigenvalue weighted by Gasteiger charge is -2.34. The topological polar surface area (TPSA) is 104 Å². The number of aromatic amines is 1. The van der Waals surface area contributed by atoms with Crippen LogP contribution in [0.25, 0.3) is 11.2 Å². The summed E-state index contributed by atoms with van der Waals surface area (Å²) in [6.45, 7) is 3.89. The highest BCUT2D eigenvalue weighted by Gasteiger charge is 2.25. The molecule has 1 aliphatic heterocycles. The highest BCUT2D eigenvalue weighted by Crippen LogP contribution is 2.21. The van der Waals surface area contributed by atoms with Crippen LogP contribution in [0, 0.1) is 5.92 Å². The van der Waals surface area contributed by atoms with Crippen molar-refractivity contribution in [1.82, 2.24) is 24.8 Å². The summed E-state index contributed by atoms with van der Waals surface area (Å²) in [5.74, 6) is 1.32. The van der Waals surface area contributed by atoms with Gasteiger partial charge in [0.05, 0.1) is 12.9 Å². The van der Waals surface area contributed by atoms with E-state index >= 15 is 0 Å². The summed E-state index contributed by atoms with van der Waals surface area (Å²) in [6.07, 6.45) is 5.00. The smallest absolute Gasteiger partial charge is 0.242 e. The number of likely N-dealkylation sites (tertiary alicyclic amines) is 1. The second-order valence-corrected chi connectivity index (χ2v) is 6.23. The Morgan fingerprint density at radius 2 is 2.04 bits per heavy atom. The van der Waals surface area contributed by atoms with Gasteiger partial charge in [0.25, 0.3) is 0 Å². The van der Waals surface area contributed by atoms with E-state index in [-0.39, 0.29) is 43.3 Å². The molecule has 0 saturated carbocycles. The van der Waals surface area contributed by atoms with Crippen LogP contribution in [0.1, 0.15) is 19.8 Å². The molecule has 2 aromatic heterocycles. The van der Waals surface area contributed by atoms with Gasteiger partial charge in [-0.15, -0.1) is 24.8 Å². The van der Waals surface area contributed by atoms with E-state index in [2.05, 4.69) is 19.9 Å². The van der Waals surface area contributed by atoms with E-state index in [1.54, 1.807) is 6.33 Å². The van der Waals surface area contributed by atoms with Crippen LogP contribution >= 0.6 is 24.8 Å². The predicted molar refractivity (Wildman–Crippen MR) is 102 cm³/mol. The van der Waals surface area contributed by atoms with Crippen molar-refractivity contribution in [2.24, 2.45) is 11.7 Å². The largest absolute Gasteiger partial charge is 0.348 e. The number of hydrogen-bond acceptors (Lipinski definition) is 6. The molecular weight excluding hydrogens is 365 g/mol. The van der Waals surface area contributed by atoms with Crippen LogP contribution in [-0.2, 0) is 4.79 Å². The summed E-state index contributed by atoms with van der Waals surface area (Å²) in [7, 11) is 1.86. The summed E-state index contributed by atoms with van der Waals surface area (Å²) < 4.78 is 0. The van der Waals surface area contributed by atoms with Crippen LogP contribution < -0.4 is 10.6 Å². The van der Waals surface area contributed by atoms with E-state index in [0.717, 1.165) is 31.4 Å². The molecule has 1 saturated heterocycles. The van der Waals surface area contributed by atoms with Gasteiger partial charge >= 0.3 is 0 Å². The molecule has 2 aromatic rings. The second kappa shape index (κ2) is 9.17. The lowest BCUT2D eigenvalue weighted by atomic mass is 9.91. The minimum atomic E-state index is 0. The van der Waals surface area contributed by atoms with E-state index in [0.29, 0.717) is 17.4 Å². The molecule has 1 aliphatic rings. The van der Waals surface area contributed by atoms with Gasteiger partial charge in [-0.1, -0.05) is 0 Å². The first kappa shape index (κ1) is 21.4. The fourth-order valence-electron chi connectivity index (χ4n) is 3.09. The van der Waals surface area contributed by atoms with Crippen LogP contribution in [-0.4, -0.2) is 63.5 Å². The summed E-state index contributed by atoms with van der Waals surface area (Å²) in [6, 6.07) is 0.199. The first-order chi connectivity index (χ1) is 11.1. The number of nitrogens with two attached hydrogens (primary N) is 1. The maximum absolute atomic E-state index is 12.5. The van der Waals surface area contributed by atoms with Gasteiger partial charge in [0, 0.05) is 26.2 Å². The lowest BCUT2D eigenvalue weighted by Crippen LogP contribution is -2.46. The van der Waals surface area contributed by atoms with Crippen LogP contribution in [0.15, 0.2) is 12.7 Å². The van der Waals surface area contributed by atoms with Gasteiger partial charge in [-0.2, -0.15) is 0 Å². The van der Waals surface area contributed by atoms with Crippen molar-refractivity contribution in [2.75, 3.05) is 31.6 Å². The number of fused-ring (bicyclic) bond motifs is 1. The number of hydrogen-bond donors (Lipinski definition) is 2. The van der Waals surface area contributed by atoms with Crippen molar-refractivity contribution >= 4 is 47.7 Å². The Balaban J connectivity index is 0.00000156. The minimum absolute atomic E-state index is 0. The third kappa shape index (κ3) is 4.71. The number of H-pyrrole nitrogens is 1. The molecule has 0 bridgehead atoms.